The number of hydrogen-bond acceptors (Lipinski definition) is 5. The third kappa shape index (κ3) is 3.39. The second-order valence-corrected chi connectivity index (χ2v) is 8.50. The normalized spacial score (nSPS) is 25.7. The van der Waals surface area contributed by atoms with Crippen LogP contribution in [0.15, 0.2) is 0 Å². The van der Waals surface area contributed by atoms with E-state index >= 15 is 0 Å². The molecule has 4 heterocycles. The van der Waals surface area contributed by atoms with Gasteiger partial charge in [0.1, 0.15) is 5.82 Å². The van der Waals surface area contributed by atoms with Gasteiger partial charge in [-0.05, 0) is 64.2 Å². The molecule has 0 radical (unpaired) electrons. The Balaban J connectivity index is 1.40. The molecule has 1 atom stereocenters. The Bertz CT molecular complexity index is 648. The minimum atomic E-state index is 0.0133. The van der Waals surface area contributed by atoms with Crippen molar-refractivity contribution >= 4 is 5.91 Å². The Morgan fingerprint density at radius 1 is 1.27 bits per heavy atom. The summed E-state index contributed by atoms with van der Waals surface area (Å²) < 4.78 is 2.16. The quantitative estimate of drug-likeness (QED) is 0.850. The van der Waals surface area contributed by atoms with Crippen molar-refractivity contribution in [1.29, 1.82) is 0 Å². The maximum Gasteiger partial charge on any atom is 0.237 e. The molecular formula is C19H32N6O. The minimum Gasteiger partial charge on any atom is -0.347 e. The van der Waals surface area contributed by atoms with Gasteiger partial charge in [-0.25, -0.2) is 0 Å². The SMILES string of the molecule is CCCN1CC2(CCN(C)CC2)C[C@H]1C(=O)NCc1nnc2n1CCC2. The smallest absolute Gasteiger partial charge is 0.237 e. The lowest BCUT2D eigenvalue weighted by molar-refractivity contribution is -0.125. The van der Waals surface area contributed by atoms with Gasteiger partial charge in [0, 0.05) is 19.5 Å². The van der Waals surface area contributed by atoms with Crippen LogP contribution in [0.25, 0.3) is 0 Å². The second kappa shape index (κ2) is 7.27. The summed E-state index contributed by atoms with van der Waals surface area (Å²) in [5, 5.41) is 11.7. The van der Waals surface area contributed by atoms with Gasteiger partial charge in [0.2, 0.25) is 5.91 Å². The fourth-order valence-electron chi connectivity index (χ4n) is 5.01. The van der Waals surface area contributed by atoms with Crippen molar-refractivity contribution in [2.75, 3.05) is 33.2 Å². The highest BCUT2D eigenvalue weighted by Crippen LogP contribution is 2.43. The third-order valence-corrected chi connectivity index (χ3v) is 6.57. The summed E-state index contributed by atoms with van der Waals surface area (Å²) in [6.45, 7) is 8.07. The fraction of sp³-hybridized carbons (Fsp3) is 0.842. The molecule has 0 saturated carbocycles. The number of nitrogens with zero attached hydrogens (tertiary/aromatic N) is 5. The number of piperidine rings is 1. The van der Waals surface area contributed by atoms with Crippen molar-refractivity contribution in [3.05, 3.63) is 11.6 Å². The van der Waals surface area contributed by atoms with Crippen LogP contribution in [0.5, 0.6) is 0 Å². The molecule has 0 bridgehead atoms. The van der Waals surface area contributed by atoms with Gasteiger partial charge in [-0.1, -0.05) is 6.92 Å². The number of amides is 1. The van der Waals surface area contributed by atoms with Gasteiger partial charge in [0.25, 0.3) is 0 Å². The summed E-state index contributed by atoms with van der Waals surface area (Å²) in [5.41, 5.74) is 0.333. The van der Waals surface area contributed by atoms with Gasteiger partial charge in [-0.3, -0.25) is 9.69 Å². The first-order chi connectivity index (χ1) is 12.6. The highest BCUT2D eigenvalue weighted by molar-refractivity contribution is 5.82. The summed E-state index contributed by atoms with van der Waals surface area (Å²) in [7, 11) is 2.20. The van der Waals surface area contributed by atoms with Crippen molar-refractivity contribution in [3.63, 3.8) is 0 Å². The Morgan fingerprint density at radius 3 is 2.85 bits per heavy atom. The first-order valence-electron chi connectivity index (χ1n) is 10.2. The van der Waals surface area contributed by atoms with Crippen LogP contribution in [0.2, 0.25) is 0 Å². The van der Waals surface area contributed by atoms with E-state index in [9.17, 15) is 4.79 Å². The molecule has 0 aromatic carbocycles. The summed E-state index contributed by atoms with van der Waals surface area (Å²) in [4.78, 5) is 17.8. The molecule has 4 rings (SSSR count). The number of hydrogen-bond donors (Lipinski definition) is 1. The molecule has 7 nitrogen and oxygen atoms in total. The van der Waals surface area contributed by atoms with Gasteiger partial charge in [0.05, 0.1) is 12.6 Å². The summed E-state index contributed by atoms with van der Waals surface area (Å²) in [5.74, 6) is 2.14. The fourth-order valence-corrected chi connectivity index (χ4v) is 5.01. The van der Waals surface area contributed by atoms with E-state index in [-0.39, 0.29) is 11.9 Å². The zero-order chi connectivity index (χ0) is 18.1. The van der Waals surface area contributed by atoms with Gasteiger partial charge in [0.15, 0.2) is 5.82 Å². The summed E-state index contributed by atoms with van der Waals surface area (Å²) in [6.07, 6.45) is 6.67. The summed E-state index contributed by atoms with van der Waals surface area (Å²) >= 11 is 0. The van der Waals surface area contributed by atoms with Crippen molar-refractivity contribution in [3.8, 4) is 0 Å². The van der Waals surface area contributed by atoms with Crippen LogP contribution < -0.4 is 5.32 Å². The average Bonchev–Trinajstić information content (AvgIpc) is 3.32. The molecule has 1 N–H and O–H groups in total. The van der Waals surface area contributed by atoms with Crippen molar-refractivity contribution in [2.45, 2.75) is 64.6 Å². The molecule has 2 saturated heterocycles. The number of fused-ring (bicyclic) bond motifs is 1. The monoisotopic (exact) mass is 360 g/mol. The van der Waals surface area contributed by atoms with Crippen LogP contribution in [-0.4, -0.2) is 69.7 Å². The van der Waals surface area contributed by atoms with E-state index < -0.39 is 0 Å². The zero-order valence-corrected chi connectivity index (χ0v) is 16.2. The second-order valence-electron chi connectivity index (χ2n) is 8.50. The molecule has 26 heavy (non-hydrogen) atoms. The number of carbonyl (C=O) groups excluding carboxylic acids is 1. The van der Waals surface area contributed by atoms with Gasteiger partial charge in [-0.2, -0.15) is 0 Å². The van der Waals surface area contributed by atoms with E-state index in [1.165, 1.54) is 12.8 Å². The van der Waals surface area contributed by atoms with E-state index in [4.69, 9.17) is 0 Å². The number of nitrogens with one attached hydrogen (secondary N) is 1. The van der Waals surface area contributed by atoms with Crippen LogP contribution in [0, 0.1) is 5.41 Å². The molecule has 3 aliphatic rings. The molecule has 1 spiro atoms. The highest BCUT2D eigenvalue weighted by atomic mass is 16.2. The molecule has 144 valence electrons. The first kappa shape index (κ1) is 17.9. The van der Waals surface area contributed by atoms with E-state index in [0.29, 0.717) is 12.0 Å². The van der Waals surface area contributed by atoms with Gasteiger partial charge in [-0.15, -0.1) is 10.2 Å². The van der Waals surface area contributed by atoms with Gasteiger partial charge < -0.3 is 14.8 Å². The average molecular weight is 361 g/mol. The number of aryl methyl sites for hydroxylation is 1. The Kier molecular flexibility index (Phi) is 5.01. The van der Waals surface area contributed by atoms with Crippen LogP contribution in [0.3, 0.4) is 0 Å². The van der Waals surface area contributed by atoms with E-state index in [2.05, 4.69) is 43.9 Å². The molecule has 0 aliphatic carbocycles. The molecule has 1 amide bonds. The lowest BCUT2D eigenvalue weighted by Crippen LogP contribution is -2.43. The van der Waals surface area contributed by atoms with E-state index in [1.54, 1.807) is 0 Å². The predicted molar refractivity (Wildman–Crippen MR) is 99.6 cm³/mol. The Hall–Kier alpha value is -1.47. The van der Waals surface area contributed by atoms with E-state index in [0.717, 1.165) is 70.1 Å². The topological polar surface area (TPSA) is 66.3 Å². The Labute approximate surface area is 156 Å². The predicted octanol–water partition coefficient (Wildman–Crippen LogP) is 1.04. The summed E-state index contributed by atoms with van der Waals surface area (Å²) in [6, 6.07) is 0.0133. The molecule has 1 aromatic heterocycles. The minimum absolute atomic E-state index is 0.0133. The zero-order valence-electron chi connectivity index (χ0n) is 16.2. The number of rotatable bonds is 5. The number of likely N-dealkylation sites (tertiary alicyclic amines) is 2. The molecule has 1 aromatic rings. The molecular weight excluding hydrogens is 328 g/mol. The highest BCUT2D eigenvalue weighted by Gasteiger charge is 2.47. The largest absolute Gasteiger partial charge is 0.347 e. The number of aromatic nitrogens is 3. The van der Waals surface area contributed by atoms with Crippen molar-refractivity contribution in [2.24, 2.45) is 5.41 Å². The number of carbonyl (C=O) groups is 1. The van der Waals surface area contributed by atoms with Crippen LogP contribution in [-0.2, 0) is 24.3 Å². The van der Waals surface area contributed by atoms with E-state index in [1.807, 2.05) is 0 Å². The maximum absolute atomic E-state index is 13.0. The van der Waals surface area contributed by atoms with Crippen molar-refractivity contribution < 1.29 is 4.79 Å². The van der Waals surface area contributed by atoms with Crippen molar-refractivity contribution in [1.82, 2.24) is 29.9 Å². The molecule has 2 fully saturated rings. The molecule has 3 aliphatic heterocycles. The van der Waals surface area contributed by atoms with Crippen LogP contribution in [0.4, 0.5) is 0 Å². The first-order valence-corrected chi connectivity index (χ1v) is 10.2. The Morgan fingerprint density at radius 2 is 2.08 bits per heavy atom. The lowest BCUT2D eigenvalue weighted by atomic mass is 9.76. The standard InChI is InChI=1S/C19H32N6O/c1-3-8-24-14-19(6-10-23(2)11-7-19)12-15(24)18(26)20-13-17-22-21-16-5-4-9-25(16)17/h15H,3-14H2,1-2H3,(H,20,26)/t15-/m0/s1. The maximum atomic E-state index is 13.0. The van der Waals surface area contributed by atoms with Crippen LogP contribution in [0.1, 0.15) is 50.7 Å². The molecule has 0 unspecified atom stereocenters. The molecule has 7 heteroatoms. The van der Waals surface area contributed by atoms with Crippen LogP contribution >= 0.6 is 0 Å². The lowest BCUT2D eigenvalue weighted by Gasteiger charge is -2.37. The van der Waals surface area contributed by atoms with Gasteiger partial charge >= 0.3 is 0 Å². The third-order valence-electron chi connectivity index (χ3n) is 6.57.